The Kier molecular flexibility index (Phi) is 3.36. The van der Waals surface area contributed by atoms with Gasteiger partial charge in [0.25, 0.3) is 0 Å². The van der Waals surface area contributed by atoms with Crippen LogP contribution in [0.5, 0.6) is 0 Å². The molecule has 4 aromatic rings. The lowest BCUT2D eigenvalue weighted by molar-refractivity contribution is -0.0267. The van der Waals surface area contributed by atoms with Crippen LogP contribution in [0.3, 0.4) is 0 Å². The van der Waals surface area contributed by atoms with E-state index in [9.17, 15) is 8.42 Å². The maximum atomic E-state index is 12.9. The second-order valence-electron chi connectivity index (χ2n) is 8.54. The van der Waals surface area contributed by atoms with E-state index in [-0.39, 0.29) is 5.41 Å². The third kappa shape index (κ3) is 2.42. The number of nitrogens with one attached hydrogen (secondary N) is 1. The lowest BCUT2D eigenvalue weighted by Gasteiger charge is -2.58. The van der Waals surface area contributed by atoms with Crippen molar-refractivity contribution in [1.82, 2.24) is 23.7 Å². The Morgan fingerprint density at radius 2 is 1.83 bits per heavy atom. The first kappa shape index (κ1) is 17.2. The highest BCUT2D eigenvalue weighted by atomic mass is 32.2. The number of aromatic amines is 1. The topological polar surface area (TPSA) is 83.4 Å². The number of nitrogens with zero attached hydrogens (tertiary/aromatic N) is 4. The molecule has 0 bridgehead atoms. The first-order chi connectivity index (χ1) is 14.0. The van der Waals surface area contributed by atoms with Gasteiger partial charge in [-0.05, 0) is 43.4 Å². The van der Waals surface area contributed by atoms with E-state index in [0.29, 0.717) is 23.9 Å². The summed E-state index contributed by atoms with van der Waals surface area (Å²) in [6.45, 7) is 3.18. The van der Waals surface area contributed by atoms with Gasteiger partial charge in [-0.1, -0.05) is 17.7 Å². The molecule has 1 N–H and O–H groups in total. The highest BCUT2D eigenvalue weighted by Gasteiger charge is 2.56. The van der Waals surface area contributed by atoms with Gasteiger partial charge in [-0.2, -0.15) is 4.31 Å². The Morgan fingerprint density at radius 3 is 2.59 bits per heavy atom. The Balaban J connectivity index is 1.21. The lowest BCUT2D eigenvalue weighted by Crippen LogP contribution is -2.63. The van der Waals surface area contributed by atoms with E-state index in [2.05, 4.69) is 19.4 Å². The van der Waals surface area contributed by atoms with Gasteiger partial charge in [0.15, 0.2) is 11.3 Å². The fraction of sp³-hybridized carbons (Fsp3) is 0.333. The molecule has 7 nitrogen and oxygen atoms in total. The van der Waals surface area contributed by atoms with Gasteiger partial charge in [0.05, 0.1) is 16.6 Å². The molecule has 4 heterocycles. The molecule has 148 valence electrons. The van der Waals surface area contributed by atoms with Gasteiger partial charge < -0.3 is 4.98 Å². The average Bonchev–Trinajstić information content (AvgIpc) is 3.25. The van der Waals surface area contributed by atoms with Crippen LogP contribution in [0.4, 0.5) is 0 Å². The normalized spacial score (nSPS) is 19.6. The van der Waals surface area contributed by atoms with Gasteiger partial charge in [-0.15, -0.1) is 0 Å². The largest absolute Gasteiger partial charge is 0.345 e. The third-order valence-electron chi connectivity index (χ3n) is 6.53. The number of fused-ring (bicyclic) bond motifs is 3. The summed E-state index contributed by atoms with van der Waals surface area (Å²) in [5, 5.41) is 0. The first-order valence-corrected chi connectivity index (χ1v) is 11.3. The lowest BCUT2D eigenvalue weighted by atomic mass is 9.58. The molecule has 0 amide bonds. The fourth-order valence-corrected chi connectivity index (χ4v) is 6.63. The second kappa shape index (κ2) is 5.67. The highest BCUT2D eigenvalue weighted by Crippen LogP contribution is 2.57. The number of rotatable bonds is 3. The standard InChI is InChI=1S/C21H21N5O2S/c1-14-2-4-16(5-3-14)29(27,28)25-12-21(13-25)8-15(9-21)18-10-23-19-11-24-20-17(26(18)19)6-7-22-20/h2-7,10-11,15,22H,8-9,12-13H2,1H3. The molecule has 0 unspecified atom stereocenters. The van der Waals surface area contributed by atoms with Crippen molar-refractivity contribution >= 4 is 26.8 Å². The van der Waals surface area contributed by atoms with E-state index in [1.165, 1.54) is 5.69 Å². The zero-order valence-corrected chi connectivity index (χ0v) is 16.9. The minimum Gasteiger partial charge on any atom is -0.345 e. The second-order valence-corrected chi connectivity index (χ2v) is 10.5. The predicted octanol–water partition coefficient (Wildman–Crippen LogP) is 3.09. The zero-order chi connectivity index (χ0) is 19.8. The summed E-state index contributed by atoms with van der Waals surface area (Å²) in [5.41, 5.74) is 5.10. The van der Waals surface area contributed by atoms with Crippen LogP contribution in [0.1, 0.15) is 30.0 Å². The summed E-state index contributed by atoms with van der Waals surface area (Å²) in [4.78, 5) is 12.5. The molecule has 3 aromatic heterocycles. The summed E-state index contributed by atoms with van der Waals surface area (Å²) in [7, 11) is -3.39. The molecule has 1 aliphatic heterocycles. The van der Waals surface area contributed by atoms with Crippen LogP contribution in [0.15, 0.2) is 53.8 Å². The van der Waals surface area contributed by atoms with Crippen molar-refractivity contribution in [3.05, 3.63) is 60.2 Å². The number of benzene rings is 1. The summed E-state index contributed by atoms with van der Waals surface area (Å²) in [5.74, 6) is 0.398. The molecule has 1 saturated heterocycles. The summed E-state index contributed by atoms with van der Waals surface area (Å²) in [6.07, 6.45) is 7.61. The van der Waals surface area contributed by atoms with Gasteiger partial charge in [0.1, 0.15) is 0 Å². The molecule has 1 aliphatic carbocycles. The van der Waals surface area contributed by atoms with Crippen LogP contribution in [-0.4, -0.2) is 45.2 Å². The Hall–Kier alpha value is -2.71. The average molecular weight is 407 g/mol. The number of aryl methyl sites for hydroxylation is 1. The van der Waals surface area contributed by atoms with E-state index in [4.69, 9.17) is 0 Å². The van der Waals surface area contributed by atoms with Gasteiger partial charge in [0, 0.05) is 37.1 Å². The monoisotopic (exact) mass is 407 g/mol. The molecule has 2 fully saturated rings. The van der Waals surface area contributed by atoms with Crippen LogP contribution in [0.25, 0.3) is 16.8 Å². The van der Waals surface area contributed by atoms with E-state index in [1.807, 2.05) is 37.5 Å². The van der Waals surface area contributed by atoms with Crippen LogP contribution >= 0.6 is 0 Å². The molecule has 0 atom stereocenters. The first-order valence-electron chi connectivity index (χ1n) is 9.82. The van der Waals surface area contributed by atoms with Crippen molar-refractivity contribution in [2.45, 2.75) is 30.6 Å². The molecule has 29 heavy (non-hydrogen) atoms. The minimum absolute atomic E-state index is 0.108. The smallest absolute Gasteiger partial charge is 0.243 e. The van der Waals surface area contributed by atoms with Gasteiger partial charge in [0.2, 0.25) is 10.0 Å². The van der Waals surface area contributed by atoms with Crippen molar-refractivity contribution in [3.8, 4) is 0 Å². The van der Waals surface area contributed by atoms with E-state index < -0.39 is 10.0 Å². The number of sulfonamides is 1. The number of aromatic nitrogens is 4. The minimum atomic E-state index is -3.39. The van der Waals surface area contributed by atoms with Crippen molar-refractivity contribution in [3.63, 3.8) is 0 Å². The Bertz CT molecular complexity index is 1340. The van der Waals surface area contributed by atoms with Gasteiger partial charge >= 0.3 is 0 Å². The molecule has 0 radical (unpaired) electrons. The van der Waals surface area contributed by atoms with Crippen LogP contribution < -0.4 is 0 Å². The summed E-state index contributed by atoms with van der Waals surface area (Å²) >= 11 is 0. The van der Waals surface area contributed by atoms with E-state index in [0.717, 1.165) is 35.2 Å². The van der Waals surface area contributed by atoms with Crippen molar-refractivity contribution in [2.75, 3.05) is 13.1 Å². The molecular weight excluding hydrogens is 386 g/mol. The quantitative estimate of drug-likeness (QED) is 0.566. The summed E-state index contributed by atoms with van der Waals surface area (Å²) < 4.78 is 29.5. The van der Waals surface area contributed by atoms with E-state index in [1.54, 1.807) is 22.6 Å². The molecule has 6 rings (SSSR count). The highest BCUT2D eigenvalue weighted by molar-refractivity contribution is 7.89. The van der Waals surface area contributed by atoms with Crippen LogP contribution in [0.2, 0.25) is 0 Å². The number of hydrogen-bond acceptors (Lipinski definition) is 4. The van der Waals surface area contributed by atoms with Crippen molar-refractivity contribution < 1.29 is 8.42 Å². The van der Waals surface area contributed by atoms with Gasteiger partial charge in [-0.25, -0.2) is 18.4 Å². The molecule has 1 saturated carbocycles. The molecule has 1 aromatic carbocycles. The number of H-pyrrole nitrogens is 1. The van der Waals surface area contributed by atoms with E-state index >= 15 is 0 Å². The number of hydrogen-bond donors (Lipinski definition) is 1. The SMILES string of the molecule is Cc1ccc(S(=O)(=O)N2CC3(CC(c4cnc5cnc6[nH]ccc6n45)C3)C2)cc1. The maximum absolute atomic E-state index is 12.9. The van der Waals surface area contributed by atoms with Crippen LogP contribution in [0, 0.1) is 12.3 Å². The molecule has 8 heteroatoms. The Morgan fingerprint density at radius 1 is 1.07 bits per heavy atom. The molecule has 1 spiro atoms. The van der Waals surface area contributed by atoms with Gasteiger partial charge in [-0.3, -0.25) is 4.40 Å². The third-order valence-corrected chi connectivity index (χ3v) is 8.34. The number of imidazole rings is 1. The van der Waals surface area contributed by atoms with Crippen LogP contribution in [-0.2, 0) is 10.0 Å². The Labute approximate surface area is 168 Å². The molecule has 2 aliphatic rings. The van der Waals surface area contributed by atoms with Crippen molar-refractivity contribution in [1.29, 1.82) is 0 Å². The molecular formula is C21H21N5O2S. The summed E-state index contributed by atoms with van der Waals surface area (Å²) in [6, 6.07) is 9.13. The zero-order valence-electron chi connectivity index (χ0n) is 16.0. The fourth-order valence-electron chi connectivity index (χ4n) is 4.96. The van der Waals surface area contributed by atoms with Crippen molar-refractivity contribution in [2.24, 2.45) is 5.41 Å². The maximum Gasteiger partial charge on any atom is 0.243 e. The predicted molar refractivity (Wildman–Crippen MR) is 109 cm³/mol.